The van der Waals surface area contributed by atoms with Crippen LogP contribution in [-0.4, -0.2) is 48.0 Å². The van der Waals surface area contributed by atoms with Crippen molar-refractivity contribution < 1.29 is 18.7 Å². The minimum absolute atomic E-state index is 0.146. The van der Waals surface area contributed by atoms with Crippen molar-refractivity contribution in [2.75, 3.05) is 26.2 Å². The maximum atomic E-state index is 13.8. The van der Waals surface area contributed by atoms with Gasteiger partial charge in [0.05, 0.1) is 0 Å². The van der Waals surface area contributed by atoms with Gasteiger partial charge in [-0.05, 0) is 23.1 Å². The summed E-state index contributed by atoms with van der Waals surface area (Å²) in [4.78, 5) is 14.9. The highest BCUT2D eigenvalue weighted by Crippen LogP contribution is 2.48. The zero-order valence-corrected chi connectivity index (χ0v) is 14.0. The lowest BCUT2D eigenvalue weighted by atomic mass is 9.79. The maximum absolute atomic E-state index is 13.8. The van der Waals surface area contributed by atoms with Crippen LogP contribution < -0.4 is 5.32 Å². The summed E-state index contributed by atoms with van der Waals surface area (Å²) in [7, 11) is 0. The zero-order chi connectivity index (χ0) is 17.7. The summed E-state index contributed by atoms with van der Waals surface area (Å²) in [5.74, 6) is -4.04. The van der Waals surface area contributed by atoms with Crippen LogP contribution in [0, 0.1) is 5.92 Å². The quantitative estimate of drug-likeness (QED) is 0.822. The predicted octanol–water partition coefficient (Wildman–Crippen LogP) is 2.05. The van der Waals surface area contributed by atoms with Crippen LogP contribution in [-0.2, 0) is 10.4 Å². The van der Waals surface area contributed by atoms with Gasteiger partial charge < -0.3 is 15.3 Å². The molecule has 2 atom stereocenters. The first-order chi connectivity index (χ1) is 11.9. The highest BCUT2D eigenvalue weighted by Gasteiger charge is 2.55. The van der Waals surface area contributed by atoms with Crippen LogP contribution >= 0.6 is 0 Å². The van der Waals surface area contributed by atoms with Gasteiger partial charge in [-0.25, -0.2) is 8.78 Å². The fourth-order valence-corrected chi connectivity index (χ4v) is 4.38. The standard InChI is InChI=1S/C19H22F2N2O2/c20-18(21)7-6-16(8-18)19(25,15-4-2-1-3-5-15)17(24)23-11-13-9-22-10-14(13)12-23/h1-5,16,22,25H,6-12H2/t16-,19+/m1/s1. The Bertz CT molecular complexity index is 703. The molecule has 3 aliphatic rings. The molecule has 1 amide bonds. The van der Waals surface area contributed by atoms with Gasteiger partial charge in [0.2, 0.25) is 5.92 Å². The van der Waals surface area contributed by atoms with Gasteiger partial charge >= 0.3 is 0 Å². The summed E-state index contributed by atoms with van der Waals surface area (Å²) in [5.41, 5.74) is 0.878. The third-order valence-electron chi connectivity index (χ3n) is 5.76. The van der Waals surface area contributed by atoms with Crippen molar-refractivity contribution >= 4 is 5.91 Å². The minimum Gasteiger partial charge on any atom is -0.375 e. The molecule has 0 bridgehead atoms. The van der Waals surface area contributed by atoms with Crippen LogP contribution in [0.15, 0.2) is 41.5 Å². The van der Waals surface area contributed by atoms with Crippen molar-refractivity contribution in [1.29, 1.82) is 0 Å². The Hall–Kier alpha value is -1.79. The summed E-state index contributed by atoms with van der Waals surface area (Å²) in [6.45, 7) is 2.45. The smallest absolute Gasteiger partial charge is 0.260 e. The number of halogens is 2. The van der Waals surface area contributed by atoms with Gasteiger partial charge in [-0.2, -0.15) is 0 Å². The molecule has 0 spiro atoms. The number of aliphatic hydroxyl groups is 1. The first-order valence-electron chi connectivity index (χ1n) is 8.76. The van der Waals surface area contributed by atoms with E-state index in [0.717, 1.165) is 13.1 Å². The summed E-state index contributed by atoms with van der Waals surface area (Å²) >= 11 is 0. The fourth-order valence-electron chi connectivity index (χ4n) is 4.38. The summed E-state index contributed by atoms with van der Waals surface area (Å²) in [5, 5.41) is 14.7. The van der Waals surface area contributed by atoms with E-state index >= 15 is 0 Å². The van der Waals surface area contributed by atoms with Crippen LogP contribution in [0.4, 0.5) is 8.78 Å². The normalized spacial score (nSPS) is 27.5. The topological polar surface area (TPSA) is 52.6 Å². The molecular weight excluding hydrogens is 326 g/mol. The maximum Gasteiger partial charge on any atom is 0.260 e. The second-order valence-electron chi connectivity index (χ2n) is 7.40. The third kappa shape index (κ3) is 2.77. The highest BCUT2D eigenvalue weighted by molar-refractivity contribution is 5.88. The lowest BCUT2D eigenvalue weighted by Gasteiger charge is -2.36. The number of nitrogens with one attached hydrogen (secondary N) is 1. The van der Waals surface area contributed by atoms with Crippen molar-refractivity contribution in [3.63, 3.8) is 0 Å². The number of amides is 1. The van der Waals surface area contributed by atoms with Crippen LogP contribution in [0.2, 0.25) is 0 Å². The molecule has 0 saturated heterocycles. The Morgan fingerprint density at radius 3 is 2.40 bits per heavy atom. The molecule has 0 unspecified atom stereocenters. The molecule has 1 aromatic rings. The monoisotopic (exact) mass is 348 g/mol. The lowest BCUT2D eigenvalue weighted by molar-refractivity contribution is -0.159. The molecule has 25 heavy (non-hydrogen) atoms. The molecule has 0 radical (unpaired) electrons. The van der Waals surface area contributed by atoms with Gasteiger partial charge in [0.1, 0.15) is 0 Å². The van der Waals surface area contributed by atoms with E-state index in [9.17, 15) is 18.7 Å². The van der Waals surface area contributed by atoms with Gasteiger partial charge in [-0.3, -0.25) is 4.79 Å². The Kier molecular flexibility index (Phi) is 3.92. The number of benzene rings is 1. The molecule has 134 valence electrons. The van der Waals surface area contributed by atoms with Gasteiger partial charge in [0.25, 0.3) is 5.91 Å². The largest absolute Gasteiger partial charge is 0.375 e. The summed E-state index contributed by atoms with van der Waals surface area (Å²) in [6.07, 6.45) is -0.585. The number of hydrogen-bond donors (Lipinski definition) is 2. The highest BCUT2D eigenvalue weighted by atomic mass is 19.3. The second-order valence-corrected chi connectivity index (χ2v) is 7.40. The number of rotatable bonds is 3. The van der Waals surface area contributed by atoms with Crippen LogP contribution in [0.3, 0.4) is 0 Å². The van der Waals surface area contributed by atoms with E-state index < -0.39 is 29.8 Å². The van der Waals surface area contributed by atoms with Gasteiger partial charge in [0, 0.05) is 44.9 Å². The molecule has 1 saturated carbocycles. The number of nitrogens with zero attached hydrogens (tertiary/aromatic N) is 1. The van der Waals surface area contributed by atoms with E-state index in [1.165, 1.54) is 11.1 Å². The van der Waals surface area contributed by atoms with Gasteiger partial charge in [-0.15, -0.1) is 0 Å². The molecule has 1 fully saturated rings. The third-order valence-corrected chi connectivity index (χ3v) is 5.76. The van der Waals surface area contributed by atoms with Crippen LogP contribution in [0.25, 0.3) is 0 Å². The number of alkyl halides is 2. The van der Waals surface area contributed by atoms with Gasteiger partial charge in [-0.1, -0.05) is 30.3 Å². The molecule has 4 rings (SSSR count). The van der Waals surface area contributed by atoms with Crippen molar-refractivity contribution in [3.8, 4) is 0 Å². The minimum atomic E-state index is -2.82. The average Bonchev–Trinajstić information content (AvgIpc) is 3.28. The molecule has 2 aliphatic heterocycles. The molecule has 0 aromatic heterocycles. The Balaban J connectivity index is 1.65. The van der Waals surface area contributed by atoms with Crippen LogP contribution in [0.5, 0.6) is 0 Å². The van der Waals surface area contributed by atoms with E-state index in [2.05, 4.69) is 5.32 Å². The predicted molar refractivity (Wildman–Crippen MR) is 89.1 cm³/mol. The zero-order valence-electron chi connectivity index (χ0n) is 14.0. The van der Waals surface area contributed by atoms with E-state index in [0.29, 0.717) is 18.7 Å². The van der Waals surface area contributed by atoms with E-state index in [1.54, 1.807) is 35.2 Å². The lowest BCUT2D eigenvalue weighted by Crippen LogP contribution is -2.51. The summed E-state index contributed by atoms with van der Waals surface area (Å²) in [6, 6.07) is 8.56. The average molecular weight is 348 g/mol. The van der Waals surface area contributed by atoms with Crippen molar-refractivity contribution in [2.24, 2.45) is 5.92 Å². The molecule has 2 heterocycles. The van der Waals surface area contributed by atoms with Gasteiger partial charge in [0.15, 0.2) is 5.60 Å². The molecule has 1 aromatic carbocycles. The van der Waals surface area contributed by atoms with Crippen molar-refractivity contribution in [1.82, 2.24) is 10.2 Å². The molecule has 1 aliphatic carbocycles. The SMILES string of the molecule is O=C(N1CC2=C(CNC2)C1)[C@](O)(c1ccccc1)[C@@H]1CCC(F)(F)C1. The van der Waals surface area contributed by atoms with E-state index in [-0.39, 0.29) is 12.8 Å². The fraction of sp³-hybridized carbons (Fsp3) is 0.526. The number of carbonyl (C=O) groups excluding carboxylic acids is 1. The first-order valence-corrected chi connectivity index (χ1v) is 8.76. The molecular formula is C19H22F2N2O2. The van der Waals surface area contributed by atoms with Crippen LogP contribution in [0.1, 0.15) is 24.8 Å². The Morgan fingerprint density at radius 2 is 1.84 bits per heavy atom. The number of hydrogen-bond acceptors (Lipinski definition) is 3. The molecule has 4 nitrogen and oxygen atoms in total. The van der Waals surface area contributed by atoms with Crippen molar-refractivity contribution in [2.45, 2.75) is 30.8 Å². The summed E-state index contributed by atoms with van der Waals surface area (Å²) < 4.78 is 27.6. The number of carbonyl (C=O) groups is 1. The second kappa shape index (κ2) is 5.88. The Labute approximate surface area is 145 Å². The molecule has 6 heteroatoms. The first kappa shape index (κ1) is 16.7. The van der Waals surface area contributed by atoms with Crippen molar-refractivity contribution in [3.05, 3.63) is 47.0 Å². The molecule has 2 N–H and O–H groups in total. The Morgan fingerprint density at radius 1 is 1.20 bits per heavy atom. The van der Waals surface area contributed by atoms with E-state index in [1.807, 2.05) is 0 Å². The van der Waals surface area contributed by atoms with E-state index in [4.69, 9.17) is 0 Å².